The first-order valence-corrected chi connectivity index (χ1v) is 9.12. The first kappa shape index (κ1) is 20.1. The van der Waals surface area contributed by atoms with E-state index in [1.807, 2.05) is 0 Å². The fraction of sp³-hybridized carbons (Fsp3) is 0.600. The zero-order valence-corrected chi connectivity index (χ0v) is 16.1. The zero-order chi connectivity index (χ0) is 19.3. The Bertz CT molecular complexity index is 652. The van der Waals surface area contributed by atoms with Gasteiger partial charge in [-0.2, -0.15) is 0 Å². The van der Waals surface area contributed by atoms with E-state index in [-0.39, 0.29) is 24.0 Å². The fourth-order valence-electron chi connectivity index (χ4n) is 3.67. The molecule has 6 nitrogen and oxygen atoms in total. The van der Waals surface area contributed by atoms with Crippen LogP contribution in [-0.2, 0) is 4.79 Å². The van der Waals surface area contributed by atoms with Crippen molar-refractivity contribution in [1.82, 2.24) is 5.32 Å². The molecule has 0 bridgehead atoms. The van der Waals surface area contributed by atoms with E-state index in [0.717, 1.165) is 19.3 Å². The maximum Gasteiger partial charge on any atom is 0.255 e. The molecule has 2 rings (SSSR count). The van der Waals surface area contributed by atoms with Gasteiger partial charge in [-0.05, 0) is 42.4 Å². The van der Waals surface area contributed by atoms with E-state index < -0.39 is 5.91 Å². The van der Waals surface area contributed by atoms with Crippen LogP contribution in [0.1, 0.15) is 56.8 Å². The summed E-state index contributed by atoms with van der Waals surface area (Å²) in [7, 11) is 1.49. The van der Waals surface area contributed by atoms with Gasteiger partial charge in [0.25, 0.3) is 11.8 Å². The van der Waals surface area contributed by atoms with E-state index in [1.54, 1.807) is 18.2 Å². The van der Waals surface area contributed by atoms with E-state index >= 15 is 0 Å². The largest absolute Gasteiger partial charge is 0.493 e. The fourth-order valence-corrected chi connectivity index (χ4v) is 3.67. The molecule has 1 aromatic carbocycles. The lowest BCUT2D eigenvalue weighted by molar-refractivity contribution is -0.119. The molecule has 1 aromatic rings. The van der Waals surface area contributed by atoms with E-state index in [9.17, 15) is 9.59 Å². The minimum absolute atomic E-state index is 0.120. The van der Waals surface area contributed by atoms with Crippen molar-refractivity contribution in [2.75, 3.05) is 13.7 Å². The molecule has 1 saturated carbocycles. The third-order valence-corrected chi connectivity index (χ3v) is 4.99. The van der Waals surface area contributed by atoms with Gasteiger partial charge in [0.05, 0.1) is 7.11 Å². The highest BCUT2D eigenvalue weighted by Crippen LogP contribution is 2.38. The maximum atomic E-state index is 12.7. The second kappa shape index (κ2) is 8.43. The van der Waals surface area contributed by atoms with Gasteiger partial charge in [0.2, 0.25) is 0 Å². The smallest absolute Gasteiger partial charge is 0.255 e. The van der Waals surface area contributed by atoms with Gasteiger partial charge in [-0.3, -0.25) is 9.59 Å². The summed E-state index contributed by atoms with van der Waals surface area (Å²) in [6.07, 6.45) is 4.50. The minimum Gasteiger partial charge on any atom is -0.493 e. The van der Waals surface area contributed by atoms with Crippen molar-refractivity contribution in [3.63, 3.8) is 0 Å². The minimum atomic E-state index is -0.570. The molecule has 3 N–H and O–H groups in total. The van der Waals surface area contributed by atoms with Crippen molar-refractivity contribution in [3.8, 4) is 11.5 Å². The molecular formula is C20H30N2O4. The van der Waals surface area contributed by atoms with Crippen LogP contribution in [0.3, 0.4) is 0 Å². The normalized spacial score (nSPS) is 20.3. The number of nitrogens with one attached hydrogen (secondary N) is 1. The molecule has 0 aromatic heterocycles. The Hall–Kier alpha value is -2.24. The Labute approximate surface area is 155 Å². The SMILES string of the molecule is COc1cc(C(=O)N[C@H]2CCCC[C@@H]2C(C)(C)C)ccc1OCC(N)=O. The molecule has 0 radical (unpaired) electrons. The molecule has 1 fully saturated rings. The lowest BCUT2D eigenvalue weighted by atomic mass is 9.69. The third kappa shape index (κ3) is 5.13. The predicted octanol–water partition coefficient (Wildman–Crippen LogP) is 2.89. The first-order chi connectivity index (χ1) is 12.2. The van der Waals surface area contributed by atoms with Crippen LogP contribution < -0.4 is 20.5 Å². The molecule has 26 heavy (non-hydrogen) atoms. The summed E-state index contributed by atoms with van der Waals surface area (Å²) in [6, 6.07) is 5.09. The molecule has 144 valence electrons. The van der Waals surface area contributed by atoms with Gasteiger partial charge in [-0.25, -0.2) is 0 Å². The van der Waals surface area contributed by atoms with E-state index in [2.05, 4.69) is 26.1 Å². The van der Waals surface area contributed by atoms with Crippen LogP contribution in [0.15, 0.2) is 18.2 Å². The lowest BCUT2D eigenvalue weighted by Crippen LogP contribution is -2.46. The molecule has 0 unspecified atom stereocenters. The Morgan fingerprint density at radius 2 is 1.88 bits per heavy atom. The summed E-state index contributed by atoms with van der Waals surface area (Å²) in [6.45, 7) is 6.46. The van der Waals surface area contributed by atoms with Crippen molar-refractivity contribution in [1.29, 1.82) is 0 Å². The molecule has 6 heteroatoms. The van der Waals surface area contributed by atoms with Crippen LogP contribution in [0.25, 0.3) is 0 Å². The second-order valence-electron chi connectivity index (χ2n) is 7.96. The highest BCUT2D eigenvalue weighted by Gasteiger charge is 2.35. The van der Waals surface area contributed by atoms with Crippen LogP contribution >= 0.6 is 0 Å². The summed E-state index contributed by atoms with van der Waals surface area (Å²) in [4.78, 5) is 23.6. The van der Waals surface area contributed by atoms with Crippen molar-refractivity contribution >= 4 is 11.8 Å². The Morgan fingerprint density at radius 3 is 2.50 bits per heavy atom. The maximum absolute atomic E-state index is 12.7. The standard InChI is InChI=1S/C20H30N2O4/c1-20(2,3)14-7-5-6-8-15(14)22-19(24)13-9-10-16(17(11-13)25-4)26-12-18(21)23/h9-11,14-15H,5-8,12H2,1-4H3,(H2,21,23)(H,22,24)/t14-,15-/m0/s1. The van der Waals surface area contributed by atoms with Gasteiger partial charge in [0.1, 0.15) is 0 Å². The Morgan fingerprint density at radius 1 is 1.19 bits per heavy atom. The van der Waals surface area contributed by atoms with E-state index in [0.29, 0.717) is 23.0 Å². The number of nitrogens with two attached hydrogens (primary N) is 1. The zero-order valence-electron chi connectivity index (χ0n) is 16.1. The Kier molecular flexibility index (Phi) is 6.51. The van der Waals surface area contributed by atoms with Gasteiger partial charge in [0, 0.05) is 11.6 Å². The van der Waals surface area contributed by atoms with Gasteiger partial charge in [-0.15, -0.1) is 0 Å². The number of primary amides is 1. The summed E-state index contributed by atoms with van der Waals surface area (Å²) < 4.78 is 10.6. The number of methoxy groups -OCH3 is 1. The number of rotatable bonds is 6. The van der Waals surface area contributed by atoms with Crippen LogP contribution in [0.4, 0.5) is 0 Å². The third-order valence-electron chi connectivity index (χ3n) is 4.99. The molecule has 0 spiro atoms. The number of benzene rings is 1. The van der Waals surface area contributed by atoms with Crippen molar-refractivity contribution in [2.45, 2.75) is 52.5 Å². The molecule has 1 aliphatic carbocycles. The predicted molar refractivity (Wildman–Crippen MR) is 100 cm³/mol. The monoisotopic (exact) mass is 362 g/mol. The molecule has 0 aliphatic heterocycles. The number of hydrogen-bond acceptors (Lipinski definition) is 4. The molecular weight excluding hydrogens is 332 g/mol. The second-order valence-corrected chi connectivity index (χ2v) is 7.96. The summed E-state index contributed by atoms with van der Waals surface area (Å²) in [5, 5.41) is 3.20. The quantitative estimate of drug-likeness (QED) is 0.814. The molecule has 0 saturated heterocycles. The summed E-state index contributed by atoms with van der Waals surface area (Å²) >= 11 is 0. The van der Waals surface area contributed by atoms with Gasteiger partial charge < -0.3 is 20.5 Å². The number of hydrogen-bond donors (Lipinski definition) is 2. The first-order valence-electron chi connectivity index (χ1n) is 9.12. The average molecular weight is 362 g/mol. The van der Waals surface area contributed by atoms with Gasteiger partial charge in [0.15, 0.2) is 18.1 Å². The van der Waals surface area contributed by atoms with Crippen molar-refractivity contribution in [3.05, 3.63) is 23.8 Å². The topological polar surface area (TPSA) is 90.7 Å². The van der Waals surface area contributed by atoms with Crippen LogP contribution in [-0.4, -0.2) is 31.6 Å². The number of carbonyl (C=O) groups is 2. The summed E-state index contributed by atoms with van der Waals surface area (Å²) in [5.74, 6) is 0.550. The number of carbonyl (C=O) groups excluding carboxylic acids is 2. The Balaban J connectivity index is 2.12. The van der Waals surface area contributed by atoms with Gasteiger partial charge >= 0.3 is 0 Å². The van der Waals surface area contributed by atoms with E-state index in [4.69, 9.17) is 15.2 Å². The number of amides is 2. The van der Waals surface area contributed by atoms with Crippen LogP contribution in [0.2, 0.25) is 0 Å². The number of ether oxygens (including phenoxy) is 2. The average Bonchev–Trinajstić information content (AvgIpc) is 2.59. The van der Waals surface area contributed by atoms with Crippen LogP contribution in [0, 0.1) is 11.3 Å². The van der Waals surface area contributed by atoms with Crippen molar-refractivity contribution < 1.29 is 19.1 Å². The molecule has 2 amide bonds. The molecule has 0 heterocycles. The van der Waals surface area contributed by atoms with Crippen molar-refractivity contribution in [2.24, 2.45) is 17.1 Å². The lowest BCUT2D eigenvalue weighted by Gasteiger charge is -2.40. The highest BCUT2D eigenvalue weighted by atomic mass is 16.5. The van der Waals surface area contributed by atoms with Gasteiger partial charge in [-0.1, -0.05) is 33.6 Å². The summed E-state index contributed by atoms with van der Waals surface area (Å²) in [5.41, 5.74) is 5.75. The van der Waals surface area contributed by atoms with E-state index in [1.165, 1.54) is 13.5 Å². The molecule has 2 atom stereocenters. The van der Waals surface area contributed by atoms with Crippen LogP contribution in [0.5, 0.6) is 11.5 Å². The molecule has 1 aliphatic rings. The highest BCUT2D eigenvalue weighted by molar-refractivity contribution is 5.95.